The van der Waals surface area contributed by atoms with E-state index in [-0.39, 0.29) is 5.91 Å². The number of hydrogen-bond donors (Lipinski definition) is 1. The van der Waals surface area contributed by atoms with Crippen LogP contribution in [0.25, 0.3) is 11.3 Å². The summed E-state index contributed by atoms with van der Waals surface area (Å²) in [5.41, 5.74) is 6.51. The molecule has 0 spiro atoms. The highest BCUT2D eigenvalue weighted by Crippen LogP contribution is 2.40. The molecule has 1 saturated carbocycles. The van der Waals surface area contributed by atoms with Crippen LogP contribution >= 0.6 is 0 Å². The molecule has 8 nitrogen and oxygen atoms in total. The summed E-state index contributed by atoms with van der Waals surface area (Å²) in [7, 11) is 0. The summed E-state index contributed by atoms with van der Waals surface area (Å²) in [6, 6.07) is 7.93. The second-order valence-corrected chi connectivity index (χ2v) is 9.00. The SMILES string of the molecule is Cc1cccc(Cn2cc3c(n2)-c2c(oc(C(=O)NCc4cc(C5CC5)on4)c2C)CC3)n1. The van der Waals surface area contributed by atoms with Gasteiger partial charge in [0.25, 0.3) is 5.91 Å². The van der Waals surface area contributed by atoms with E-state index in [2.05, 4.69) is 21.7 Å². The van der Waals surface area contributed by atoms with Gasteiger partial charge in [-0.1, -0.05) is 11.2 Å². The maximum atomic E-state index is 12.9. The van der Waals surface area contributed by atoms with Crippen LogP contribution in [0.4, 0.5) is 0 Å². The second-order valence-electron chi connectivity index (χ2n) is 9.00. The highest BCUT2D eigenvalue weighted by atomic mass is 16.5. The fraction of sp³-hybridized carbons (Fsp3) is 0.360. The first kappa shape index (κ1) is 20.0. The molecule has 1 amide bonds. The van der Waals surface area contributed by atoms with Crippen molar-refractivity contribution in [1.82, 2.24) is 25.2 Å². The van der Waals surface area contributed by atoms with E-state index in [9.17, 15) is 4.79 Å². The van der Waals surface area contributed by atoms with Gasteiger partial charge in [-0.05, 0) is 50.8 Å². The van der Waals surface area contributed by atoms with Crippen LogP contribution in [-0.2, 0) is 25.9 Å². The number of nitrogens with one attached hydrogen (secondary N) is 1. The van der Waals surface area contributed by atoms with Crippen LogP contribution in [0.5, 0.6) is 0 Å². The Bertz CT molecular complexity index is 1360. The highest BCUT2D eigenvalue weighted by molar-refractivity contribution is 5.95. The van der Waals surface area contributed by atoms with E-state index in [1.807, 2.05) is 42.8 Å². The van der Waals surface area contributed by atoms with Gasteiger partial charge in [-0.3, -0.25) is 14.5 Å². The molecule has 168 valence electrons. The Morgan fingerprint density at radius 3 is 2.91 bits per heavy atom. The van der Waals surface area contributed by atoms with E-state index in [0.717, 1.165) is 71.1 Å². The zero-order chi connectivity index (χ0) is 22.5. The lowest BCUT2D eigenvalue weighted by Gasteiger charge is -2.09. The van der Waals surface area contributed by atoms with Crippen molar-refractivity contribution in [3.05, 3.63) is 76.0 Å². The first-order valence-electron chi connectivity index (χ1n) is 11.4. The number of carbonyl (C=O) groups excluding carboxylic acids is 1. The fourth-order valence-corrected chi connectivity index (χ4v) is 4.54. The van der Waals surface area contributed by atoms with Gasteiger partial charge in [0.1, 0.15) is 17.2 Å². The maximum absolute atomic E-state index is 12.9. The standard InChI is InChI=1S/C25H25N5O3/c1-14-4-3-5-18(27-14)13-30-12-17-8-9-20-22(23(17)28-30)15(2)24(32-20)25(31)26-11-19-10-21(33-29-19)16-6-7-16/h3-5,10,12,16H,6-9,11,13H2,1-2H3,(H,26,31). The first-order valence-corrected chi connectivity index (χ1v) is 11.4. The number of amides is 1. The molecule has 4 aromatic rings. The predicted molar refractivity (Wildman–Crippen MR) is 120 cm³/mol. The Morgan fingerprint density at radius 2 is 2.09 bits per heavy atom. The van der Waals surface area contributed by atoms with Crippen LogP contribution in [0.1, 0.15) is 69.0 Å². The third-order valence-corrected chi connectivity index (χ3v) is 6.38. The minimum Gasteiger partial charge on any atom is -0.455 e. The zero-order valence-electron chi connectivity index (χ0n) is 18.7. The van der Waals surface area contributed by atoms with Crippen LogP contribution in [-0.4, -0.2) is 25.8 Å². The van der Waals surface area contributed by atoms with E-state index in [1.165, 1.54) is 5.56 Å². The van der Waals surface area contributed by atoms with Crippen molar-refractivity contribution in [2.45, 2.75) is 58.5 Å². The lowest BCUT2D eigenvalue weighted by atomic mass is 9.93. The van der Waals surface area contributed by atoms with Gasteiger partial charge in [0, 0.05) is 41.4 Å². The Balaban J connectivity index is 1.22. The lowest BCUT2D eigenvalue weighted by Crippen LogP contribution is -2.23. The van der Waals surface area contributed by atoms with Crippen molar-refractivity contribution >= 4 is 5.91 Å². The van der Waals surface area contributed by atoms with Crippen LogP contribution in [0.3, 0.4) is 0 Å². The molecule has 1 fully saturated rings. The number of aryl methyl sites for hydroxylation is 3. The zero-order valence-corrected chi connectivity index (χ0v) is 18.7. The Labute approximate surface area is 191 Å². The van der Waals surface area contributed by atoms with Gasteiger partial charge in [-0.25, -0.2) is 0 Å². The molecule has 0 bridgehead atoms. The fourth-order valence-electron chi connectivity index (χ4n) is 4.54. The van der Waals surface area contributed by atoms with Crippen LogP contribution in [0.15, 0.2) is 39.4 Å². The quantitative estimate of drug-likeness (QED) is 0.482. The van der Waals surface area contributed by atoms with Crippen molar-refractivity contribution in [1.29, 1.82) is 0 Å². The lowest BCUT2D eigenvalue weighted by molar-refractivity contribution is 0.0919. The van der Waals surface area contributed by atoms with Gasteiger partial charge in [0.15, 0.2) is 5.76 Å². The molecule has 6 rings (SSSR count). The third-order valence-electron chi connectivity index (χ3n) is 6.38. The van der Waals surface area contributed by atoms with E-state index < -0.39 is 0 Å². The summed E-state index contributed by atoms with van der Waals surface area (Å²) in [5.74, 6) is 2.32. The van der Waals surface area contributed by atoms with Crippen molar-refractivity contribution < 1.29 is 13.7 Å². The summed E-state index contributed by atoms with van der Waals surface area (Å²) >= 11 is 0. The molecular weight excluding hydrogens is 418 g/mol. The minimum atomic E-state index is -0.247. The smallest absolute Gasteiger partial charge is 0.287 e. The highest BCUT2D eigenvalue weighted by Gasteiger charge is 2.30. The van der Waals surface area contributed by atoms with Crippen molar-refractivity contribution in [2.75, 3.05) is 0 Å². The van der Waals surface area contributed by atoms with Crippen molar-refractivity contribution in [3.8, 4) is 11.3 Å². The van der Waals surface area contributed by atoms with Crippen molar-refractivity contribution in [2.24, 2.45) is 0 Å². The molecule has 0 radical (unpaired) electrons. The maximum Gasteiger partial charge on any atom is 0.287 e. The molecule has 33 heavy (non-hydrogen) atoms. The number of pyridine rings is 1. The van der Waals surface area contributed by atoms with E-state index >= 15 is 0 Å². The van der Waals surface area contributed by atoms with Gasteiger partial charge < -0.3 is 14.3 Å². The number of nitrogens with zero attached hydrogens (tertiary/aromatic N) is 4. The minimum absolute atomic E-state index is 0.247. The normalized spacial score (nSPS) is 14.7. The molecule has 0 unspecified atom stereocenters. The van der Waals surface area contributed by atoms with Crippen molar-refractivity contribution in [3.63, 3.8) is 0 Å². The number of hydrogen-bond acceptors (Lipinski definition) is 6. The van der Waals surface area contributed by atoms with Crippen LogP contribution in [0.2, 0.25) is 0 Å². The monoisotopic (exact) mass is 443 g/mol. The van der Waals surface area contributed by atoms with E-state index in [4.69, 9.17) is 14.0 Å². The average molecular weight is 444 g/mol. The summed E-state index contributed by atoms with van der Waals surface area (Å²) in [6.07, 6.45) is 5.96. The van der Waals surface area contributed by atoms with Gasteiger partial charge in [-0.15, -0.1) is 0 Å². The topological polar surface area (TPSA) is 99.0 Å². The number of fused-ring (bicyclic) bond motifs is 3. The molecule has 0 aromatic carbocycles. The van der Waals surface area contributed by atoms with Gasteiger partial charge in [-0.2, -0.15) is 5.10 Å². The molecule has 0 saturated heterocycles. The summed E-state index contributed by atoms with van der Waals surface area (Å²) < 4.78 is 13.3. The van der Waals surface area contributed by atoms with Gasteiger partial charge >= 0.3 is 0 Å². The molecule has 0 atom stereocenters. The Hall–Kier alpha value is -3.68. The number of rotatable bonds is 6. The molecule has 8 heteroatoms. The summed E-state index contributed by atoms with van der Waals surface area (Å²) in [6.45, 7) is 4.83. The Morgan fingerprint density at radius 1 is 1.21 bits per heavy atom. The van der Waals surface area contributed by atoms with E-state index in [1.54, 1.807) is 0 Å². The molecule has 2 aliphatic carbocycles. The third kappa shape index (κ3) is 3.75. The van der Waals surface area contributed by atoms with Gasteiger partial charge in [0.05, 0.1) is 24.5 Å². The largest absolute Gasteiger partial charge is 0.455 e. The summed E-state index contributed by atoms with van der Waals surface area (Å²) in [4.78, 5) is 17.5. The molecule has 4 aromatic heterocycles. The molecular formula is C25H25N5O3. The van der Waals surface area contributed by atoms with Crippen LogP contribution in [0, 0.1) is 13.8 Å². The first-order chi connectivity index (χ1) is 16.0. The second kappa shape index (κ2) is 7.72. The number of aromatic nitrogens is 4. The van der Waals surface area contributed by atoms with Gasteiger partial charge in [0.2, 0.25) is 0 Å². The summed E-state index contributed by atoms with van der Waals surface area (Å²) in [5, 5.41) is 11.8. The molecule has 1 N–H and O–H groups in total. The molecule has 4 heterocycles. The Kier molecular flexibility index (Phi) is 4.67. The molecule has 2 aliphatic rings. The van der Waals surface area contributed by atoms with Crippen LogP contribution < -0.4 is 5.32 Å². The average Bonchev–Trinajstić information content (AvgIpc) is 3.24. The number of furan rings is 1. The number of carbonyl (C=O) groups is 1. The predicted octanol–water partition coefficient (Wildman–Crippen LogP) is 4.10. The van der Waals surface area contributed by atoms with E-state index in [0.29, 0.717) is 24.8 Å². The molecule has 0 aliphatic heterocycles.